The van der Waals surface area contributed by atoms with E-state index < -0.39 is 17.5 Å². The van der Waals surface area contributed by atoms with Crippen molar-refractivity contribution >= 4 is 17.8 Å². The third-order valence-electron chi connectivity index (χ3n) is 4.55. The van der Waals surface area contributed by atoms with Crippen LogP contribution in [0.5, 0.6) is 11.5 Å². The minimum atomic E-state index is -1.26. The number of carbonyl (C=O) groups is 3. The number of hydrogen-bond acceptors (Lipinski definition) is 5. The summed E-state index contributed by atoms with van der Waals surface area (Å²) in [5, 5.41) is 5.42. The van der Waals surface area contributed by atoms with Gasteiger partial charge in [0.25, 0.3) is 5.91 Å². The molecule has 1 saturated heterocycles. The van der Waals surface area contributed by atoms with Gasteiger partial charge >= 0.3 is 6.03 Å². The number of nitrogens with one attached hydrogen (secondary N) is 2. The van der Waals surface area contributed by atoms with Crippen LogP contribution in [0.2, 0.25) is 0 Å². The second-order valence-electron chi connectivity index (χ2n) is 6.39. The lowest BCUT2D eigenvalue weighted by Crippen LogP contribution is -2.44. The van der Waals surface area contributed by atoms with Crippen molar-refractivity contribution in [2.24, 2.45) is 0 Å². The van der Waals surface area contributed by atoms with Crippen molar-refractivity contribution in [2.45, 2.75) is 38.8 Å². The number of benzene rings is 1. The molecule has 0 bridgehead atoms. The second kappa shape index (κ2) is 6.27. The molecule has 1 aromatic carbocycles. The molecule has 0 aliphatic carbocycles. The molecule has 2 N–H and O–H groups in total. The van der Waals surface area contributed by atoms with E-state index in [9.17, 15) is 14.4 Å². The quantitative estimate of drug-likeness (QED) is 0.778. The fraction of sp³-hybridized carbons (Fsp3) is 0.471. The highest BCUT2D eigenvalue weighted by molar-refractivity contribution is 6.09. The smallest absolute Gasteiger partial charge is 0.325 e. The first-order chi connectivity index (χ1) is 11.8. The van der Waals surface area contributed by atoms with Gasteiger partial charge in [-0.25, -0.2) is 4.79 Å². The molecule has 0 unspecified atom stereocenters. The number of urea groups is 1. The summed E-state index contributed by atoms with van der Waals surface area (Å²) >= 11 is 0. The van der Waals surface area contributed by atoms with Crippen LogP contribution < -0.4 is 20.1 Å². The summed E-state index contributed by atoms with van der Waals surface area (Å²) in [6, 6.07) is 4.45. The van der Waals surface area contributed by atoms with Crippen molar-refractivity contribution in [3.63, 3.8) is 0 Å². The zero-order valence-corrected chi connectivity index (χ0v) is 14.4. The monoisotopic (exact) mass is 347 g/mol. The molecule has 2 atom stereocenters. The van der Waals surface area contributed by atoms with Crippen LogP contribution in [-0.4, -0.2) is 42.1 Å². The van der Waals surface area contributed by atoms with Crippen molar-refractivity contribution in [3.05, 3.63) is 23.8 Å². The van der Waals surface area contributed by atoms with Gasteiger partial charge in [-0.15, -0.1) is 0 Å². The number of hydrogen-bond donors (Lipinski definition) is 2. The predicted molar refractivity (Wildman–Crippen MR) is 88.1 cm³/mol. The van der Waals surface area contributed by atoms with Crippen LogP contribution in [0.1, 0.15) is 32.8 Å². The van der Waals surface area contributed by atoms with E-state index in [1.807, 2.05) is 13.8 Å². The van der Waals surface area contributed by atoms with Crippen molar-refractivity contribution in [2.75, 3.05) is 13.3 Å². The minimum absolute atomic E-state index is 0.0199. The number of ether oxygens (including phenoxy) is 2. The maximum Gasteiger partial charge on any atom is 0.325 e. The molecule has 0 aromatic heterocycles. The SMILES string of the molecule is CC[C@@H](C)NC(=O)CN1C(=O)N[C@@](C)(c2ccc3c(c2)OCO3)C1=O. The average Bonchev–Trinajstić information content (AvgIpc) is 3.13. The van der Waals surface area contributed by atoms with E-state index in [1.165, 1.54) is 0 Å². The molecule has 3 rings (SSSR count). The summed E-state index contributed by atoms with van der Waals surface area (Å²) in [6.07, 6.45) is 0.765. The fourth-order valence-corrected chi connectivity index (χ4v) is 2.81. The maximum atomic E-state index is 12.8. The van der Waals surface area contributed by atoms with Crippen LogP contribution in [0.4, 0.5) is 4.79 Å². The van der Waals surface area contributed by atoms with Gasteiger partial charge in [0.2, 0.25) is 12.7 Å². The van der Waals surface area contributed by atoms with Gasteiger partial charge in [0.05, 0.1) is 0 Å². The Morgan fingerprint density at radius 1 is 1.36 bits per heavy atom. The van der Waals surface area contributed by atoms with Crippen LogP contribution in [0.25, 0.3) is 0 Å². The third kappa shape index (κ3) is 2.99. The average molecular weight is 347 g/mol. The number of nitrogens with zero attached hydrogens (tertiary/aromatic N) is 1. The summed E-state index contributed by atoms with van der Waals surface area (Å²) in [7, 11) is 0. The normalized spacial score (nSPS) is 22.8. The van der Waals surface area contributed by atoms with E-state index in [4.69, 9.17) is 9.47 Å². The van der Waals surface area contributed by atoms with Gasteiger partial charge in [0, 0.05) is 6.04 Å². The number of amides is 4. The first-order valence-corrected chi connectivity index (χ1v) is 8.18. The number of carbonyl (C=O) groups excluding carboxylic acids is 3. The van der Waals surface area contributed by atoms with Crippen molar-refractivity contribution < 1.29 is 23.9 Å². The molecule has 8 nitrogen and oxygen atoms in total. The van der Waals surface area contributed by atoms with Crippen molar-refractivity contribution in [3.8, 4) is 11.5 Å². The van der Waals surface area contributed by atoms with E-state index in [1.54, 1.807) is 25.1 Å². The molecule has 0 saturated carbocycles. The van der Waals surface area contributed by atoms with Gasteiger partial charge < -0.3 is 20.1 Å². The Bertz CT molecular complexity index is 735. The Morgan fingerprint density at radius 3 is 2.80 bits per heavy atom. The fourth-order valence-electron chi connectivity index (χ4n) is 2.81. The molecular formula is C17H21N3O5. The lowest BCUT2D eigenvalue weighted by molar-refractivity contribution is -0.135. The van der Waals surface area contributed by atoms with Crippen LogP contribution in [-0.2, 0) is 15.1 Å². The molecule has 2 aliphatic heterocycles. The predicted octanol–water partition coefficient (Wildman–Crippen LogP) is 1.10. The van der Waals surface area contributed by atoms with Crippen LogP contribution >= 0.6 is 0 Å². The molecule has 25 heavy (non-hydrogen) atoms. The van der Waals surface area contributed by atoms with Crippen molar-refractivity contribution in [1.82, 2.24) is 15.5 Å². The van der Waals surface area contributed by atoms with E-state index in [0.717, 1.165) is 11.3 Å². The Hall–Kier alpha value is -2.77. The standard InChI is InChI=1S/C17H21N3O5/c1-4-10(2)18-14(21)8-20-15(22)17(3,19-16(20)23)11-5-6-12-13(7-11)25-9-24-12/h5-7,10H,4,8-9H2,1-3H3,(H,18,21)(H,19,23)/t10-,17+/m1/s1. The van der Waals surface area contributed by atoms with Crippen molar-refractivity contribution in [1.29, 1.82) is 0 Å². The van der Waals surface area contributed by atoms with Gasteiger partial charge in [-0.1, -0.05) is 13.0 Å². The zero-order valence-electron chi connectivity index (χ0n) is 14.4. The van der Waals surface area contributed by atoms with Crippen LogP contribution in [0, 0.1) is 0 Å². The van der Waals surface area contributed by atoms with Crippen LogP contribution in [0.15, 0.2) is 18.2 Å². The lowest BCUT2D eigenvalue weighted by Gasteiger charge is -2.22. The molecule has 2 heterocycles. The summed E-state index contributed by atoms with van der Waals surface area (Å²) in [6.45, 7) is 5.22. The molecule has 1 fully saturated rings. The van der Waals surface area contributed by atoms with Gasteiger partial charge in [0.1, 0.15) is 12.1 Å². The Kier molecular flexibility index (Phi) is 4.28. The van der Waals surface area contributed by atoms with Gasteiger partial charge in [0.15, 0.2) is 11.5 Å². The highest BCUT2D eigenvalue weighted by atomic mass is 16.7. The van der Waals surface area contributed by atoms with Crippen LogP contribution in [0.3, 0.4) is 0 Å². The maximum absolute atomic E-state index is 12.8. The molecule has 8 heteroatoms. The van der Waals surface area contributed by atoms with Gasteiger partial charge in [-0.3, -0.25) is 14.5 Å². The first kappa shape index (κ1) is 17.1. The summed E-state index contributed by atoms with van der Waals surface area (Å²) < 4.78 is 10.6. The number of rotatable bonds is 5. The molecule has 0 spiro atoms. The first-order valence-electron chi connectivity index (χ1n) is 8.18. The summed E-state index contributed by atoms with van der Waals surface area (Å²) in [5.74, 6) is 0.270. The highest BCUT2D eigenvalue weighted by Gasteiger charge is 2.49. The van der Waals surface area contributed by atoms with Gasteiger partial charge in [-0.05, 0) is 38.0 Å². The Balaban J connectivity index is 1.79. The number of imide groups is 1. The molecule has 4 amide bonds. The lowest BCUT2D eigenvalue weighted by atomic mass is 9.91. The zero-order chi connectivity index (χ0) is 18.2. The van der Waals surface area contributed by atoms with E-state index in [2.05, 4.69) is 10.6 Å². The van der Waals surface area contributed by atoms with E-state index >= 15 is 0 Å². The number of fused-ring (bicyclic) bond motifs is 1. The molecule has 0 radical (unpaired) electrons. The topological polar surface area (TPSA) is 97.0 Å². The largest absolute Gasteiger partial charge is 0.454 e. The second-order valence-corrected chi connectivity index (χ2v) is 6.39. The van der Waals surface area contributed by atoms with E-state index in [0.29, 0.717) is 17.1 Å². The highest BCUT2D eigenvalue weighted by Crippen LogP contribution is 2.37. The summed E-state index contributed by atoms with van der Waals surface area (Å²) in [5.41, 5.74) is -0.686. The minimum Gasteiger partial charge on any atom is -0.454 e. The van der Waals surface area contributed by atoms with Gasteiger partial charge in [-0.2, -0.15) is 0 Å². The Morgan fingerprint density at radius 2 is 2.08 bits per heavy atom. The molecule has 1 aromatic rings. The van der Waals surface area contributed by atoms with E-state index in [-0.39, 0.29) is 25.3 Å². The molecule has 2 aliphatic rings. The Labute approximate surface area is 145 Å². The third-order valence-corrected chi connectivity index (χ3v) is 4.55. The summed E-state index contributed by atoms with van der Waals surface area (Å²) in [4.78, 5) is 38.0. The molecule has 134 valence electrons. The molecular weight excluding hydrogens is 326 g/mol.